The van der Waals surface area contributed by atoms with Crippen LogP contribution in [-0.2, 0) is 13.1 Å². The standard InChI is InChI=1S/C13H20N6O/c1-5-19-11(6-9(2)17-19)13(20)14-12-7-10(15-16-12)8-18(3)4/h6-7H,5,8H2,1-4H3,(H2,14,15,16,20). The summed E-state index contributed by atoms with van der Waals surface area (Å²) in [6.45, 7) is 5.22. The van der Waals surface area contributed by atoms with Gasteiger partial charge in [0, 0.05) is 19.2 Å². The molecule has 0 aliphatic rings. The van der Waals surface area contributed by atoms with Gasteiger partial charge in [0.05, 0.1) is 11.4 Å². The quantitative estimate of drug-likeness (QED) is 0.861. The normalized spacial score (nSPS) is 11.1. The number of anilines is 1. The second-order valence-corrected chi connectivity index (χ2v) is 4.96. The molecule has 2 aromatic heterocycles. The van der Waals surface area contributed by atoms with E-state index in [1.54, 1.807) is 10.7 Å². The summed E-state index contributed by atoms with van der Waals surface area (Å²) in [5.74, 6) is 0.323. The minimum atomic E-state index is -0.199. The molecule has 0 bridgehead atoms. The van der Waals surface area contributed by atoms with Gasteiger partial charge in [0.2, 0.25) is 0 Å². The molecule has 7 heteroatoms. The first-order valence-corrected chi connectivity index (χ1v) is 6.54. The molecular weight excluding hydrogens is 256 g/mol. The van der Waals surface area contributed by atoms with Gasteiger partial charge in [-0.3, -0.25) is 14.6 Å². The number of carbonyl (C=O) groups is 1. The Morgan fingerprint density at radius 1 is 1.45 bits per heavy atom. The van der Waals surface area contributed by atoms with Crippen LogP contribution >= 0.6 is 0 Å². The van der Waals surface area contributed by atoms with Crippen molar-refractivity contribution in [1.29, 1.82) is 0 Å². The van der Waals surface area contributed by atoms with Crippen LogP contribution in [0.2, 0.25) is 0 Å². The number of aromatic amines is 1. The van der Waals surface area contributed by atoms with Gasteiger partial charge in [-0.2, -0.15) is 10.2 Å². The zero-order chi connectivity index (χ0) is 14.7. The van der Waals surface area contributed by atoms with Gasteiger partial charge in [-0.15, -0.1) is 0 Å². The molecule has 0 aliphatic carbocycles. The van der Waals surface area contributed by atoms with Crippen molar-refractivity contribution < 1.29 is 4.79 Å². The Labute approximate surface area is 118 Å². The van der Waals surface area contributed by atoms with E-state index in [2.05, 4.69) is 20.6 Å². The fraction of sp³-hybridized carbons (Fsp3) is 0.462. The maximum atomic E-state index is 12.2. The highest BCUT2D eigenvalue weighted by Crippen LogP contribution is 2.10. The van der Waals surface area contributed by atoms with Crippen LogP contribution in [0.15, 0.2) is 12.1 Å². The van der Waals surface area contributed by atoms with Gasteiger partial charge < -0.3 is 10.2 Å². The predicted octanol–water partition coefficient (Wildman–Crippen LogP) is 1.25. The average Bonchev–Trinajstić information content (AvgIpc) is 2.95. The van der Waals surface area contributed by atoms with Crippen LogP contribution in [-0.4, -0.2) is 44.9 Å². The van der Waals surface area contributed by atoms with Crippen molar-refractivity contribution in [3.05, 3.63) is 29.2 Å². The molecule has 0 saturated heterocycles. The highest BCUT2D eigenvalue weighted by Gasteiger charge is 2.14. The summed E-state index contributed by atoms with van der Waals surface area (Å²) >= 11 is 0. The smallest absolute Gasteiger partial charge is 0.275 e. The summed E-state index contributed by atoms with van der Waals surface area (Å²) in [5, 5.41) is 14.0. The number of H-pyrrole nitrogens is 1. The fourth-order valence-corrected chi connectivity index (χ4v) is 2.00. The number of rotatable bonds is 5. The maximum Gasteiger partial charge on any atom is 0.275 e. The molecule has 0 aromatic carbocycles. The largest absolute Gasteiger partial charge is 0.304 e. The second-order valence-electron chi connectivity index (χ2n) is 4.96. The van der Waals surface area contributed by atoms with Crippen molar-refractivity contribution >= 4 is 11.7 Å². The molecule has 2 rings (SSSR count). The predicted molar refractivity (Wildman–Crippen MR) is 76.6 cm³/mol. The number of nitrogens with zero attached hydrogens (tertiary/aromatic N) is 4. The molecule has 2 N–H and O–H groups in total. The Balaban J connectivity index is 2.09. The lowest BCUT2D eigenvalue weighted by Crippen LogP contribution is -2.17. The third-order valence-electron chi connectivity index (χ3n) is 2.79. The van der Waals surface area contributed by atoms with Gasteiger partial charge in [0.1, 0.15) is 5.69 Å². The third-order valence-corrected chi connectivity index (χ3v) is 2.79. The third kappa shape index (κ3) is 3.24. The first-order chi connectivity index (χ1) is 9.49. The molecule has 1 amide bonds. The monoisotopic (exact) mass is 276 g/mol. The van der Waals surface area contributed by atoms with Crippen LogP contribution < -0.4 is 5.32 Å². The van der Waals surface area contributed by atoms with Gasteiger partial charge in [0.15, 0.2) is 5.82 Å². The lowest BCUT2D eigenvalue weighted by molar-refractivity contribution is 0.101. The van der Waals surface area contributed by atoms with E-state index in [0.717, 1.165) is 17.9 Å². The summed E-state index contributed by atoms with van der Waals surface area (Å²) in [5.41, 5.74) is 2.32. The number of aryl methyl sites for hydroxylation is 2. The molecule has 0 atom stereocenters. The van der Waals surface area contributed by atoms with Crippen LogP contribution in [0, 0.1) is 6.92 Å². The number of amides is 1. The Bertz CT molecular complexity index is 598. The summed E-state index contributed by atoms with van der Waals surface area (Å²) in [6, 6.07) is 3.60. The minimum Gasteiger partial charge on any atom is -0.304 e. The molecule has 2 heterocycles. The number of aromatic nitrogens is 4. The Morgan fingerprint density at radius 3 is 2.85 bits per heavy atom. The van der Waals surface area contributed by atoms with E-state index in [1.807, 2.05) is 38.9 Å². The van der Waals surface area contributed by atoms with E-state index < -0.39 is 0 Å². The summed E-state index contributed by atoms with van der Waals surface area (Å²) in [6.07, 6.45) is 0. The molecule has 0 radical (unpaired) electrons. The van der Waals surface area contributed by atoms with Crippen molar-refractivity contribution in [2.45, 2.75) is 26.9 Å². The number of nitrogens with one attached hydrogen (secondary N) is 2. The molecule has 108 valence electrons. The van der Waals surface area contributed by atoms with E-state index in [4.69, 9.17) is 0 Å². The van der Waals surface area contributed by atoms with Crippen molar-refractivity contribution in [3.8, 4) is 0 Å². The second kappa shape index (κ2) is 5.87. The average molecular weight is 276 g/mol. The summed E-state index contributed by atoms with van der Waals surface area (Å²) in [7, 11) is 3.95. The molecule has 0 saturated carbocycles. The van der Waals surface area contributed by atoms with Crippen molar-refractivity contribution in [3.63, 3.8) is 0 Å². The minimum absolute atomic E-state index is 0.199. The molecule has 2 aromatic rings. The van der Waals surface area contributed by atoms with Crippen molar-refractivity contribution in [2.24, 2.45) is 0 Å². The van der Waals surface area contributed by atoms with Crippen LogP contribution in [0.5, 0.6) is 0 Å². The lowest BCUT2D eigenvalue weighted by atomic mass is 10.3. The molecule has 7 nitrogen and oxygen atoms in total. The van der Waals surface area contributed by atoms with Gasteiger partial charge in [0.25, 0.3) is 5.91 Å². The molecule has 20 heavy (non-hydrogen) atoms. The van der Waals surface area contributed by atoms with Gasteiger partial charge in [-0.25, -0.2) is 0 Å². The van der Waals surface area contributed by atoms with Crippen LogP contribution in [0.1, 0.15) is 28.8 Å². The van der Waals surface area contributed by atoms with Gasteiger partial charge >= 0.3 is 0 Å². The van der Waals surface area contributed by atoms with E-state index in [-0.39, 0.29) is 5.91 Å². The first kappa shape index (κ1) is 14.3. The van der Waals surface area contributed by atoms with E-state index >= 15 is 0 Å². The van der Waals surface area contributed by atoms with Crippen LogP contribution in [0.4, 0.5) is 5.82 Å². The Kier molecular flexibility index (Phi) is 4.19. The zero-order valence-corrected chi connectivity index (χ0v) is 12.3. The van der Waals surface area contributed by atoms with Crippen LogP contribution in [0.3, 0.4) is 0 Å². The number of carbonyl (C=O) groups excluding carboxylic acids is 1. The highest BCUT2D eigenvalue weighted by atomic mass is 16.2. The summed E-state index contributed by atoms with van der Waals surface area (Å²) in [4.78, 5) is 14.2. The van der Waals surface area contributed by atoms with E-state index in [0.29, 0.717) is 18.1 Å². The Hall–Kier alpha value is -2.15. The van der Waals surface area contributed by atoms with Crippen molar-refractivity contribution in [1.82, 2.24) is 24.9 Å². The number of hydrogen-bond donors (Lipinski definition) is 2. The summed E-state index contributed by atoms with van der Waals surface area (Å²) < 4.78 is 1.68. The fourth-order valence-electron chi connectivity index (χ4n) is 2.00. The number of hydrogen-bond acceptors (Lipinski definition) is 4. The lowest BCUT2D eigenvalue weighted by Gasteiger charge is -2.05. The molecule has 0 aliphatic heterocycles. The molecular formula is C13H20N6O. The topological polar surface area (TPSA) is 78.8 Å². The Morgan fingerprint density at radius 2 is 2.20 bits per heavy atom. The molecule has 0 fully saturated rings. The highest BCUT2D eigenvalue weighted by molar-refractivity contribution is 6.02. The molecule has 0 unspecified atom stereocenters. The van der Waals surface area contributed by atoms with Gasteiger partial charge in [-0.05, 0) is 34.0 Å². The zero-order valence-electron chi connectivity index (χ0n) is 12.3. The molecule has 0 spiro atoms. The SMILES string of the molecule is CCn1nc(C)cc1C(=O)Nc1cc(CN(C)C)[nH]n1. The van der Waals surface area contributed by atoms with E-state index in [9.17, 15) is 4.79 Å². The maximum absolute atomic E-state index is 12.2. The first-order valence-electron chi connectivity index (χ1n) is 6.54. The van der Waals surface area contributed by atoms with Crippen molar-refractivity contribution in [2.75, 3.05) is 19.4 Å². The van der Waals surface area contributed by atoms with Crippen LogP contribution in [0.25, 0.3) is 0 Å². The van der Waals surface area contributed by atoms with E-state index in [1.165, 1.54) is 0 Å². The van der Waals surface area contributed by atoms with Gasteiger partial charge in [-0.1, -0.05) is 0 Å².